The van der Waals surface area contributed by atoms with Gasteiger partial charge in [0.15, 0.2) is 0 Å². The summed E-state index contributed by atoms with van der Waals surface area (Å²) >= 11 is 1.59. The normalized spacial score (nSPS) is 17.6. The zero-order valence-electron chi connectivity index (χ0n) is 14.0. The average molecular weight is 568 g/mol. The van der Waals surface area contributed by atoms with Crippen LogP contribution in [-0.2, 0) is 27.9 Å². The molecule has 1 unspecified atom stereocenters. The number of carbonyl (C=O) groups excluding carboxylic acids is 1. The maximum absolute atomic E-state index is 11.7. The maximum atomic E-state index is 11.7. The van der Waals surface area contributed by atoms with Gasteiger partial charge in [-0.1, -0.05) is 0 Å². The van der Waals surface area contributed by atoms with Crippen molar-refractivity contribution in [1.29, 1.82) is 0 Å². The molecule has 3 rings (SSSR count). The van der Waals surface area contributed by atoms with Gasteiger partial charge in [0.25, 0.3) is 0 Å². The number of benzene rings is 1. The van der Waals surface area contributed by atoms with Crippen molar-refractivity contribution in [3.05, 3.63) is 46.8 Å². The molecular weight excluding hydrogens is 548 g/mol. The third-order valence-corrected chi connectivity index (χ3v) is 6.08. The van der Waals surface area contributed by atoms with Gasteiger partial charge in [-0.15, -0.1) is 0 Å². The van der Waals surface area contributed by atoms with E-state index in [4.69, 9.17) is 7.80 Å². The van der Waals surface area contributed by atoms with E-state index < -0.39 is 17.6 Å². The van der Waals surface area contributed by atoms with Crippen molar-refractivity contribution in [3.8, 4) is 0 Å². The predicted molar refractivity (Wildman–Crippen MR) is 96.6 cm³/mol. The van der Waals surface area contributed by atoms with E-state index in [0.717, 1.165) is 30.5 Å². The number of hydrogen-bond acceptors (Lipinski definition) is 5. The van der Waals surface area contributed by atoms with Crippen molar-refractivity contribution in [3.63, 3.8) is 0 Å². The fourth-order valence-electron chi connectivity index (χ4n) is 3.04. The summed E-state index contributed by atoms with van der Waals surface area (Å²) in [6.07, 6.45) is 5.49. The van der Waals surface area contributed by atoms with Crippen LogP contribution >= 0.6 is 18.6 Å². The Balaban J connectivity index is 1.66. The van der Waals surface area contributed by atoms with E-state index in [2.05, 4.69) is 28.9 Å². The SMILES string of the molecule is Cn1nnc2c1CCCCCC2OCc1ccc(C(=O)O[I-]I)cc1. The first-order valence-electron chi connectivity index (χ1n) is 8.25. The zero-order valence-corrected chi connectivity index (χ0v) is 18.3. The average Bonchev–Trinajstić information content (AvgIpc) is 2.95. The molecule has 0 spiro atoms. The summed E-state index contributed by atoms with van der Waals surface area (Å²) in [6.45, 7) is 0.495. The molecule has 1 aromatic heterocycles. The van der Waals surface area contributed by atoms with Crippen molar-refractivity contribution in [1.82, 2.24) is 15.0 Å². The van der Waals surface area contributed by atoms with Crippen LogP contribution in [0.15, 0.2) is 24.3 Å². The Hall–Kier alpha value is -0.750. The summed E-state index contributed by atoms with van der Waals surface area (Å²) in [4.78, 5) is 11.7. The molecule has 2 aromatic rings. The van der Waals surface area contributed by atoms with Crippen molar-refractivity contribution in [2.75, 3.05) is 0 Å². The molecule has 1 heterocycles. The van der Waals surface area contributed by atoms with Gasteiger partial charge in [-0.05, 0) is 6.42 Å². The second-order valence-electron chi connectivity index (χ2n) is 6.06. The standard InChI is InChI=1S/C17H20I2N3O3/c1-22-14-5-3-2-4-6-15(16(14)20-21-22)24-11-12-7-9-13(10-8-12)17(23)25-19-18/h7-10,15H,2-6,11H2,1H3/q-1. The molecule has 25 heavy (non-hydrogen) atoms. The van der Waals surface area contributed by atoms with Crippen LogP contribution in [0, 0.1) is 0 Å². The summed E-state index contributed by atoms with van der Waals surface area (Å²) < 4.78 is 13.1. The first-order valence-corrected chi connectivity index (χ1v) is 15.4. The van der Waals surface area contributed by atoms with Gasteiger partial charge in [-0.2, -0.15) is 0 Å². The van der Waals surface area contributed by atoms with Gasteiger partial charge in [-0.25, -0.2) is 0 Å². The minimum absolute atomic E-state index is 0.0163. The summed E-state index contributed by atoms with van der Waals surface area (Å²) in [5.41, 5.74) is 3.79. The molecule has 0 saturated heterocycles. The number of aryl methyl sites for hydroxylation is 1. The number of halogens is 2. The van der Waals surface area contributed by atoms with Gasteiger partial charge in [0, 0.05) is 7.05 Å². The van der Waals surface area contributed by atoms with Crippen LogP contribution in [0.2, 0.25) is 0 Å². The van der Waals surface area contributed by atoms with E-state index in [9.17, 15) is 4.79 Å². The summed E-state index contributed by atoms with van der Waals surface area (Å²) in [5, 5.41) is 8.51. The van der Waals surface area contributed by atoms with E-state index in [1.54, 1.807) is 12.1 Å². The second kappa shape index (κ2) is 9.26. The van der Waals surface area contributed by atoms with Crippen LogP contribution in [0.4, 0.5) is 0 Å². The molecular formula is C17H20I2N3O3-. The Morgan fingerprint density at radius 2 is 2.12 bits per heavy atom. The molecule has 0 saturated carbocycles. The number of ether oxygens (including phenoxy) is 1. The molecule has 0 aliphatic heterocycles. The van der Waals surface area contributed by atoms with Gasteiger partial charge in [0.1, 0.15) is 0 Å². The van der Waals surface area contributed by atoms with E-state index in [0.29, 0.717) is 12.2 Å². The molecule has 1 atom stereocenters. The van der Waals surface area contributed by atoms with Gasteiger partial charge in [-0.3, -0.25) is 0 Å². The molecule has 8 heteroatoms. The van der Waals surface area contributed by atoms with Crippen molar-refractivity contribution >= 4 is 24.6 Å². The molecule has 0 amide bonds. The van der Waals surface area contributed by atoms with Crippen molar-refractivity contribution < 1.29 is 30.2 Å². The van der Waals surface area contributed by atoms with Gasteiger partial charge in [0.05, 0.1) is 0 Å². The van der Waals surface area contributed by atoms with Crippen LogP contribution in [0.25, 0.3) is 0 Å². The molecule has 0 fully saturated rings. The van der Waals surface area contributed by atoms with Crippen LogP contribution in [0.3, 0.4) is 0 Å². The molecule has 1 aromatic carbocycles. The molecule has 1 aliphatic carbocycles. The van der Waals surface area contributed by atoms with E-state index in [-0.39, 0.29) is 12.1 Å². The first kappa shape index (κ1) is 19.0. The molecule has 136 valence electrons. The third-order valence-electron chi connectivity index (χ3n) is 4.40. The predicted octanol–water partition coefficient (Wildman–Crippen LogP) is 0.700. The third kappa shape index (κ3) is 4.91. The Morgan fingerprint density at radius 1 is 1.32 bits per heavy atom. The summed E-state index contributed by atoms with van der Waals surface area (Å²) in [7, 11) is 1.94. The molecule has 0 bridgehead atoms. The van der Waals surface area contributed by atoms with E-state index >= 15 is 0 Å². The van der Waals surface area contributed by atoms with Crippen LogP contribution in [-0.4, -0.2) is 21.0 Å². The first-order chi connectivity index (χ1) is 12.2. The summed E-state index contributed by atoms with van der Waals surface area (Å²) in [5.74, 6) is -0.251. The Bertz CT molecular complexity index is 718. The van der Waals surface area contributed by atoms with Crippen molar-refractivity contribution in [2.45, 2.75) is 44.8 Å². The quantitative estimate of drug-likeness (QED) is 0.498. The molecule has 1 aliphatic rings. The van der Waals surface area contributed by atoms with E-state index in [1.165, 1.54) is 18.5 Å². The van der Waals surface area contributed by atoms with Gasteiger partial charge >= 0.3 is 155 Å². The number of nitrogens with zero attached hydrogens (tertiary/aromatic N) is 3. The number of carbonyl (C=O) groups is 1. The molecule has 0 radical (unpaired) electrons. The fraction of sp³-hybridized carbons (Fsp3) is 0.471. The van der Waals surface area contributed by atoms with Gasteiger partial charge in [0.2, 0.25) is 0 Å². The number of hydrogen-bond donors (Lipinski definition) is 0. The Morgan fingerprint density at radius 3 is 2.88 bits per heavy atom. The zero-order chi connectivity index (χ0) is 17.6. The number of fused-ring (bicyclic) bond motifs is 1. The molecule has 6 nitrogen and oxygen atoms in total. The second-order valence-corrected chi connectivity index (χ2v) is 9.07. The Kier molecular flexibility index (Phi) is 7.05. The van der Waals surface area contributed by atoms with Crippen LogP contribution in [0.5, 0.6) is 0 Å². The monoisotopic (exact) mass is 568 g/mol. The van der Waals surface area contributed by atoms with Gasteiger partial charge < -0.3 is 0 Å². The summed E-state index contributed by atoms with van der Waals surface area (Å²) in [6, 6.07) is 7.43. The minimum atomic E-state index is -0.530. The van der Waals surface area contributed by atoms with Crippen LogP contribution < -0.4 is 17.6 Å². The topological polar surface area (TPSA) is 66.2 Å². The number of rotatable bonds is 5. The Labute approximate surface area is 167 Å². The van der Waals surface area contributed by atoms with E-state index in [1.807, 2.05) is 23.9 Å². The van der Waals surface area contributed by atoms with Crippen molar-refractivity contribution in [2.24, 2.45) is 7.05 Å². The molecule has 0 N–H and O–H groups in total. The number of aromatic nitrogens is 3. The van der Waals surface area contributed by atoms with Crippen LogP contribution in [0.1, 0.15) is 59.1 Å². The fourth-order valence-corrected chi connectivity index (χ4v) is 4.46.